The third-order valence-corrected chi connectivity index (χ3v) is 7.74. The third-order valence-electron chi connectivity index (χ3n) is 7.74. The van der Waals surface area contributed by atoms with E-state index < -0.39 is 22.9 Å². The molecule has 42 heavy (non-hydrogen) atoms. The van der Waals surface area contributed by atoms with Crippen LogP contribution >= 0.6 is 0 Å². The van der Waals surface area contributed by atoms with E-state index in [-0.39, 0.29) is 23.0 Å². The van der Waals surface area contributed by atoms with Crippen molar-refractivity contribution in [3.05, 3.63) is 65.2 Å². The number of aromatic nitrogens is 3. The molecular weight excluding hydrogens is 530 g/mol. The van der Waals surface area contributed by atoms with Gasteiger partial charge in [0, 0.05) is 49.4 Å². The zero-order chi connectivity index (χ0) is 31.1. The van der Waals surface area contributed by atoms with Crippen LogP contribution in [0, 0.1) is 12.3 Å². The topological polar surface area (TPSA) is 124 Å². The van der Waals surface area contributed by atoms with Gasteiger partial charge in [0.1, 0.15) is 11.3 Å². The van der Waals surface area contributed by atoms with Crippen molar-refractivity contribution in [2.45, 2.75) is 72.4 Å². The molecule has 4 rings (SSSR count). The lowest BCUT2D eigenvalue weighted by atomic mass is 9.96. The minimum atomic E-state index is -1.08. The minimum Gasteiger partial charge on any atom is -0.342 e. The Bertz CT molecular complexity index is 1540. The summed E-state index contributed by atoms with van der Waals surface area (Å²) in [6, 6.07) is 9.42. The smallest absolute Gasteiger partial charge is 0.277 e. The van der Waals surface area contributed by atoms with Crippen molar-refractivity contribution < 1.29 is 14.4 Å². The first-order valence-corrected chi connectivity index (χ1v) is 14.2. The first-order chi connectivity index (χ1) is 19.5. The number of likely N-dealkylation sites (N-methyl/N-ethyl adjacent to an activating group) is 1. The van der Waals surface area contributed by atoms with Crippen LogP contribution in [0.15, 0.2) is 42.7 Å². The molecule has 2 aromatic heterocycles. The number of carbonyl (C=O) groups excluding carboxylic acids is 3. The van der Waals surface area contributed by atoms with E-state index in [1.54, 1.807) is 42.7 Å². The fourth-order valence-electron chi connectivity index (χ4n) is 4.97. The Morgan fingerprint density at radius 1 is 1.10 bits per heavy atom. The third kappa shape index (κ3) is 5.84. The number of benzene rings is 1. The first kappa shape index (κ1) is 30.6. The molecule has 0 saturated carbocycles. The molecule has 0 spiro atoms. The van der Waals surface area contributed by atoms with Crippen LogP contribution in [0.3, 0.4) is 0 Å². The zero-order valence-corrected chi connectivity index (χ0v) is 26.0. The molecule has 3 aromatic rings. The number of aryl methyl sites for hydroxylation is 1. The number of pyridine rings is 1. The molecule has 222 valence electrons. The van der Waals surface area contributed by atoms with Crippen LogP contribution in [-0.2, 0) is 15.1 Å². The molecule has 0 unspecified atom stereocenters. The van der Waals surface area contributed by atoms with Crippen molar-refractivity contribution >= 4 is 29.1 Å². The lowest BCUT2D eigenvalue weighted by molar-refractivity contribution is -0.144. The van der Waals surface area contributed by atoms with Gasteiger partial charge in [-0.25, -0.2) is 0 Å². The number of carbonyl (C=O) groups is 3. The summed E-state index contributed by atoms with van der Waals surface area (Å²) in [5, 5.41) is 16.0. The van der Waals surface area contributed by atoms with E-state index in [1.807, 2.05) is 58.2 Å². The van der Waals surface area contributed by atoms with Gasteiger partial charge < -0.3 is 15.1 Å². The van der Waals surface area contributed by atoms with Crippen molar-refractivity contribution in [1.29, 1.82) is 5.41 Å². The Labute approximate surface area is 247 Å². The summed E-state index contributed by atoms with van der Waals surface area (Å²) in [4.78, 5) is 47.8. The highest BCUT2D eigenvalue weighted by Gasteiger charge is 2.44. The van der Waals surface area contributed by atoms with Gasteiger partial charge in [-0.05, 0) is 70.7 Å². The van der Waals surface area contributed by atoms with Crippen LogP contribution in [0.5, 0.6) is 0 Å². The molecule has 1 fully saturated rings. The fourth-order valence-corrected chi connectivity index (χ4v) is 4.97. The Morgan fingerprint density at radius 2 is 1.79 bits per heavy atom. The Kier molecular flexibility index (Phi) is 8.13. The lowest BCUT2D eigenvalue weighted by Gasteiger charge is -2.44. The SMILES string of the molecule is Cc1ccc(C(=N)C(=O)Nc2cn(C(C)(C)C)nc2C(=O)N2CCN(C)C(=O)C2(C)C)cc1-c1ccc(C(C)C)nc1. The average molecular weight is 572 g/mol. The molecule has 3 heterocycles. The molecule has 2 N–H and O–H groups in total. The average Bonchev–Trinajstić information content (AvgIpc) is 3.36. The monoisotopic (exact) mass is 571 g/mol. The molecular formula is C32H41N7O3. The van der Waals surface area contributed by atoms with Crippen LogP contribution in [0.2, 0.25) is 0 Å². The van der Waals surface area contributed by atoms with Gasteiger partial charge in [0.05, 0.1) is 11.2 Å². The number of nitrogens with one attached hydrogen (secondary N) is 2. The lowest BCUT2D eigenvalue weighted by Crippen LogP contribution is -2.63. The molecule has 10 nitrogen and oxygen atoms in total. The number of hydrogen-bond acceptors (Lipinski definition) is 6. The number of hydrogen-bond donors (Lipinski definition) is 2. The normalized spacial score (nSPS) is 15.2. The number of anilines is 1. The van der Waals surface area contributed by atoms with Crippen molar-refractivity contribution in [2.75, 3.05) is 25.5 Å². The van der Waals surface area contributed by atoms with Crippen molar-refractivity contribution in [1.82, 2.24) is 24.6 Å². The number of nitrogens with zero attached hydrogens (tertiary/aromatic N) is 5. The molecule has 0 aliphatic carbocycles. The molecule has 0 radical (unpaired) electrons. The molecule has 3 amide bonds. The molecule has 1 aliphatic rings. The van der Waals surface area contributed by atoms with E-state index in [1.165, 1.54) is 4.90 Å². The summed E-state index contributed by atoms with van der Waals surface area (Å²) in [6.45, 7) is 16.1. The number of piperazine rings is 1. The van der Waals surface area contributed by atoms with Crippen LogP contribution < -0.4 is 5.32 Å². The van der Waals surface area contributed by atoms with Gasteiger partial charge in [-0.3, -0.25) is 29.5 Å². The molecule has 1 saturated heterocycles. The van der Waals surface area contributed by atoms with Crippen molar-refractivity contribution in [3.63, 3.8) is 0 Å². The van der Waals surface area contributed by atoms with Gasteiger partial charge in [-0.15, -0.1) is 0 Å². The Morgan fingerprint density at radius 3 is 2.38 bits per heavy atom. The standard InChI is InChI=1S/C32H41N7O3/c1-19(2)24-13-12-22(17-34-24)23-16-21(11-10-20(23)3)26(33)28(40)35-25-18-39(31(4,5)6)36-27(25)29(41)38-15-14-37(9)30(42)32(38,7)8/h10-13,16-19,33H,14-15H2,1-9H3,(H,35,40). The largest absolute Gasteiger partial charge is 0.342 e. The molecule has 1 aromatic carbocycles. The number of amides is 3. The summed E-state index contributed by atoms with van der Waals surface area (Å²) in [5.74, 6) is -0.991. The first-order valence-electron chi connectivity index (χ1n) is 14.2. The van der Waals surface area contributed by atoms with Crippen LogP contribution in [-0.4, -0.2) is 73.7 Å². The van der Waals surface area contributed by atoms with Gasteiger partial charge in [0.25, 0.3) is 11.8 Å². The summed E-state index contributed by atoms with van der Waals surface area (Å²) < 4.78 is 1.61. The van der Waals surface area contributed by atoms with Gasteiger partial charge in [-0.2, -0.15) is 5.10 Å². The van der Waals surface area contributed by atoms with Crippen LogP contribution in [0.1, 0.15) is 81.7 Å². The van der Waals surface area contributed by atoms with Crippen LogP contribution in [0.4, 0.5) is 5.69 Å². The predicted molar refractivity (Wildman–Crippen MR) is 164 cm³/mol. The maximum absolute atomic E-state index is 13.8. The Hall–Kier alpha value is -4.34. The number of rotatable bonds is 6. The summed E-state index contributed by atoms with van der Waals surface area (Å²) >= 11 is 0. The highest BCUT2D eigenvalue weighted by atomic mass is 16.2. The summed E-state index contributed by atoms with van der Waals surface area (Å²) in [5.41, 5.74) is 2.60. The van der Waals surface area contributed by atoms with Crippen LogP contribution in [0.25, 0.3) is 11.1 Å². The maximum Gasteiger partial charge on any atom is 0.277 e. The van der Waals surface area contributed by atoms with Gasteiger partial charge in [-0.1, -0.05) is 32.0 Å². The second kappa shape index (κ2) is 11.2. The molecule has 0 bridgehead atoms. The van der Waals surface area contributed by atoms with Gasteiger partial charge >= 0.3 is 0 Å². The summed E-state index contributed by atoms with van der Waals surface area (Å²) in [6.07, 6.45) is 3.42. The van der Waals surface area contributed by atoms with Crippen molar-refractivity contribution in [3.8, 4) is 11.1 Å². The van der Waals surface area contributed by atoms with Gasteiger partial charge in [0.2, 0.25) is 5.91 Å². The van der Waals surface area contributed by atoms with E-state index in [4.69, 9.17) is 5.41 Å². The predicted octanol–water partition coefficient (Wildman–Crippen LogP) is 4.83. The van der Waals surface area contributed by atoms with Gasteiger partial charge in [0.15, 0.2) is 5.69 Å². The quantitative estimate of drug-likeness (QED) is 0.410. The van der Waals surface area contributed by atoms with E-state index in [0.29, 0.717) is 24.6 Å². The highest BCUT2D eigenvalue weighted by molar-refractivity contribution is 6.48. The van der Waals surface area contributed by atoms with E-state index in [2.05, 4.69) is 29.2 Å². The second-order valence-corrected chi connectivity index (χ2v) is 12.7. The zero-order valence-electron chi connectivity index (χ0n) is 26.0. The maximum atomic E-state index is 13.8. The van der Waals surface area contributed by atoms with E-state index in [0.717, 1.165) is 22.4 Å². The highest BCUT2D eigenvalue weighted by Crippen LogP contribution is 2.29. The Balaban J connectivity index is 1.64. The second-order valence-electron chi connectivity index (χ2n) is 12.7. The van der Waals surface area contributed by atoms with E-state index in [9.17, 15) is 14.4 Å². The fraction of sp³-hybridized carbons (Fsp3) is 0.438. The molecule has 1 aliphatic heterocycles. The minimum absolute atomic E-state index is 0.0254. The summed E-state index contributed by atoms with van der Waals surface area (Å²) in [7, 11) is 1.71. The van der Waals surface area contributed by atoms with Crippen molar-refractivity contribution in [2.24, 2.45) is 0 Å². The van der Waals surface area contributed by atoms with E-state index >= 15 is 0 Å². The molecule has 0 atom stereocenters. The molecule has 10 heteroatoms.